The molecule has 1 N–H and O–H groups in total. The second-order valence-corrected chi connectivity index (χ2v) is 4.24. The monoisotopic (exact) mass is 249 g/mol. The van der Waals surface area contributed by atoms with E-state index in [4.69, 9.17) is 5.11 Å². The number of hydrogen-bond donors (Lipinski definition) is 1. The molecule has 0 unspecified atom stereocenters. The van der Waals surface area contributed by atoms with E-state index in [-0.39, 0.29) is 6.61 Å². The SMILES string of the molecule is N#Cc1cc(CO)ccc1-n1ncc2ccccc21. The minimum atomic E-state index is -0.0746. The van der Waals surface area contributed by atoms with Gasteiger partial charge in [-0.3, -0.25) is 0 Å². The molecule has 0 aliphatic carbocycles. The van der Waals surface area contributed by atoms with Crippen LogP contribution >= 0.6 is 0 Å². The first-order chi connectivity index (χ1) is 9.33. The molecule has 0 aliphatic rings. The summed E-state index contributed by atoms with van der Waals surface area (Å²) in [5.41, 5.74) is 2.90. The predicted octanol–water partition coefficient (Wildman–Crippen LogP) is 2.39. The van der Waals surface area contributed by atoms with Gasteiger partial charge in [-0.2, -0.15) is 10.4 Å². The molecule has 1 heterocycles. The lowest BCUT2D eigenvalue weighted by molar-refractivity contribution is 0.282. The third kappa shape index (κ3) is 1.86. The smallest absolute Gasteiger partial charge is 0.101 e. The number of fused-ring (bicyclic) bond motifs is 1. The quantitative estimate of drug-likeness (QED) is 0.758. The second-order valence-electron chi connectivity index (χ2n) is 4.24. The Kier molecular flexibility index (Phi) is 2.75. The van der Waals surface area contributed by atoms with Gasteiger partial charge in [-0.15, -0.1) is 0 Å². The number of benzene rings is 2. The first kappa shape index (κ1) is 11.5. The Balaban J connectivity index is 2.25. The molecule has 3 rings (SSSR count). The first-order valence-corrected chi connectivity index (χ1v) is 5.90. The van der Waals surface area contributed by atoms with Gasteiger partial charge in [0.1, 0.15) is 6.07 Å². The molecule has 1 aromatic heterocycles. The number of rotatable bonds is 2. The lowest BCUT2D eigenvalue weighted by atomic mass is 10.1. The molecule has 92 valence electrons. The van der Waals surface area contributed by atoms with E-state index in [1.165, 1.54) is 0 Å². The standard InChI is InChI=1S/C15H11N3O/c16-8-13-7-11(10-19)5-6-15(13)18-14-4-2-1-3-12(14)9-17-18/h1-7,9,19H,10H2. The number of para-hydroxylation sites is 1. The zero-order valence-corrected chi connectivity index (χ0v) is 10.1. The van der Waals surface area contributed by atoms with Crippen molar-refractivity contribution >= 4 is 10.9 Å². The lowest BCUT2D eigenvalue weighted by Crippen LogP contribution is -2.00. The highest BCUT2D eigenvalue weighted by Gasteiger charge is 2.09. The molecule has 19 heavy (non-hydrogen) atoms. The van der Waals surface area contributed by atoms with Crippen molar-refractivity contribution in [2.45, 2.75) is 6.61 Å². The van der Waals surface area contributed by atoms with E-state index in [0.717, 1.165) is 22.2 Å². The van der Waals surface area contributed by atoms with Gasteiger partial charge in [-0.25, -0.2) is 4.68 Å². The molecule has 3 aromatic rings. The summed E-state index contributed by atoms with van der Waals surface area (Å²) in [7, 11) is 0. The lowest BCUT2D eigenvalue weighted by Gasteiger charge is -2.07. The molecule has 0 saturated heterocycles. The van der Waals surface area contributed by atoms with Crippen LogP contribution < -0.4 is 0 Å². The van der Waals surface area contributed by atoms with Crippen molar-refractivity contribution in [3.05, 3.63) is 59.8 Å². The zero-order valence-electron chi connectivity index (χ0n) is 10.1. The molecular formula is C15H11N3O. The van der Waals surface area contributed by atoms with E-state index in [2.05, 4.69) is 11.2 Å². The van der Waals surface area contributed by atoms with Gasteiger partial charge in [0.25, 0.3) is 0 Å². The zero-order chi connectivity index (χ0) is 13.2. The van der Waals surface area contributed by atoms with Crippen molar-refractivity contribution in [1.29, 1.82) is 5.26 Å². The Labute approximate surface area is 110 Å². The summed E-state index contributed by atoms with van der Waals surface area (Å²) in [5, 5.41) is 23.7. The summed E-state index contributed by atoms with van der Waals surface area (Å²) in [6.07, 6.45) is 1.77. The maximum absolute atomic E-state index is 9.24. The van der Waals surface area contributed by atoms with Crippen LogP contribution in [-0.2, 0) is 6.61 Å². The van der Waals surface area contributed by atoms with Gasteiger partial charge in [0.05, 0.1) is 29.6 Å². The predicted molar refractivity (Wildman–Crippen MR) is 71.7 cm³/mol. The van der Waals surface area contributed by atoms with Crippen LogP contribution in [0, 0.1) is 11.3 Å². The fraction of sp³-hybridized carbons (Fsp3) is 0.0667. The Bertz CT molecular complexity index is 783. The summed E-state index contributed by atoms with van der Waals surface area (Å²) in [4.78, 5) is 0. The topological polar surface area (TPSA) is 61.8 Å². The Morgan fingerprint density at radius 1 is 1.21 bits per heavy atom. The number of nitriles is 1. The molecule has 0 fully saturated rings. The van der Waals surface area contributed by atoms with Crippen molar-refractivity contribution in [1.82, 2.24) is 9.78 Å². The van der Waals surface area contributed by atoms with Crippen molar-refractivity contribution in [2.75, 3.05) is 0 Å². The molecule has 2 aromatic carbocycles. The van der Waals surface area contributed by atoms with E-state index in [9.17, 15) is 5.26 Å². The minimum Gasteiger partial charge on any atom is -0.392 e. The molecule has 0 aliphatic heterocycles. The van der Waals surface area contributed by atoms with Gasteiger partial charge in [0.15, 0.2) is 0 Å². The fourth-order valence-electron chi connectivity index (χ4n) is 2.12. The molecule has 0 saturated carbocycles. The van der Waals surface area contributed by atoms with Crippen LogP contribution in [0.4, 0.5) is 0 Å². The average molecular weight is 249 g/mol. The maximum atomic E-state index is 9.24. The van der Waals surface area contributed by atoms with Gasteiger partial charge in [0.2, 0.25) is 0 Å². The van der Waals surface area contributed by atoms with Crippen LogP contribution in [0.5, 0.6) is 0 Å². The van der Waals surface area contributed by atoms with Gasteiger partial charge >= 0.3 is 0 Å². The molecule has 0 atom stereocenters. The van der Waals surface area contributed by atoms with Gasteiger partial charge in [-0.05, 0) is 23.8 Å². The van der Waals surface area contributed by atoms with E-state index < -0.39 is 0 Å². The van der Waals surface area contributed by atoms with Gasteiger partial charge < -0.3 is 5.11 Å². The Morgan fingerprint density at radius 2 is 2.05 bits per heavy atom. The van der Waals surface area contributed by atoms with E-state index >= 15 is 0 Å². The number of aliphatic hydroxyl groups excluding tert-OH is 1. The van der Waals surface area contributed by atoms with Gasteiger partial charge in [-0.1, -0.05) is 24.3 Å². The highest BCUT2D eigenvalue weighted by molar-refractivity contribution is 5.80. The third-order valence-corrected chi connectivity index (χ3v) is 3.07. The molecule has 0 amide bonds. The van der Waals surface area contributed by atoms with Crippen LogP contribution in [0.1, 0.15) is 11.1 Å². The Hall–Kier alpha value is -2.64. The molecular weight excluding hydrogens is 238 g/mol. The number of aliphatic hydroxyl groups is 1. The fourth-order valence-corrected chi connectivity index (χ4v) is 2.12. The number of aromatic nitrogens is 2. The molecule has 4 heteroatoms. The number of hydrogen-bond acceptors (Lipinski definition) is 3. The van der Waals surface area contributed by atoms with Crippen LogP contribution in [0.3, 0.4) is 0 Å². The molecule has 4 nitrogen and oxygen atoms in total. The molecule has 0 spiro atoms. The summed E-state index contributed by atoms with van der Waals surface area (Å²) in [6, 6.07) is 15.3. The normalized spacial score (nSPS) is 10.5. The largest absolute Gasteiger partial charge is 0.392 e. The summed E-state index contributed by atoms with van der Waals surface area (Å²) >= 11 is 0. The second kappa shape index (κ2) is 4.56. The number of nitrogens with zero attached hydrogens (tertiary/aromatic N) is 3. The van der Waals surface area contributed by atoms with Crippen LogP contribution in [-0.4, -0.2) is 14.9 Å². The molecule has 0 bridgehead atoms. The van der Waals surface area contributed by atoms with Crippen LogP contribution in [0.15, 0.2) is 48.7 Å². The van der Waals surface area contributed by atoms with Crippen molar-refractivity contribution in [2.24, 2.45) is 0 Å². The molecule has 0 radical (unpaired) electrons. The minimum absolute atomic E-state index is 0.0746. The van der Waals surface area contributed by atoms with Crippen molar-refractivity contribution in [3.8, 4) is 11.8 Å². The Morgan fingerprint density at radius 3 is 2.84 bits per heavy atom. The average Bonchev–Trinajstić information content (AvgIpc) is 2.90. The van der Waals surface area contributed by atoms with E-state index in [0.29, 0.717) is 5.56 Å². The summed E-state index contributed by atoms with van der Waals surface area (Å²) in [6.45, 7) is -0.0746. The van der Waals surface area contributed by atoms with Crippen LogP contribution in [0.25, 0.3) is 16.6 Å². The van der Waals surface area contributed by atoms with E-state index in [1.54, 1.807) is 23.0 Å². The van der Waals surface area contributed by atoms with E-state index in [1.807, 2.05) is 30.3 Å². The highest BCUT2D eigenvalue weighted by atomic mass is 16.3. The summed E-state index contributed by atoms with van der Waals surface area (Å²) < 4.78 is 1.75. The van der Waals surface area contributed by atoms with Crippen molar-refractivity contribution in [3.63, 3.8) is 0 Å². The van der Waals surface area contributed by atoms with Crippen molar-refractivity contribution < 1.29 is 5.11 Å². The van der Waals surface area contributed by atoms with Crippen LogP contribution in [0.2, 0.25) is 0 Å². The maximum Gasteiger partial charge on any atom is 0.101 e. The highest BCUT2D eigenvalue weighted by Crippen LogP contribution is 2.21. The summed E-state index contributed by atoms with van der Waals surface area (Å²) in [5.74, 6) is 0. The first-order valence-electron chi connectivity index (χ1n) is 5.90. The third-order valence-electron chi connectivity index (χ3n) is 3.07. The van der Waals surface area contributed by atoms with Gasteiger partial charge in [0, 0.05) is 5.39 Å².